The maximum Gasteiger partial charge on any atom is 0.109 e. The number of aromatic nitrogens is 2. The first-order valence-corrected chi connectivity index (χ1v) is 4.81. The molecule has 3 rings (SSSR count). The smallest absolute Gasteiger partial charge is 0.109 e. The van der Waals surface area contributed by atoms with E-state index >= 15 is 0 Å². The van der Waals surface area contributed by atoms with Crippen molar-refractivity contribution in [2.75, 3.05) is 0 Å². The second-order valence-electron chi connectivity index (χ2n) is 2.80. The van der Waals surface area contributed by atoms with Gasteiger partial charge in [0.25, 0.3) is 0 Å². The van der Waals surface area contributed by atoms with Crippen LogP contribution in [0.2, 0.25) is 0 Å². The van der Waals surface area contributed by atoms with E-state index in [0.29, 0.717) is 0 Å². The van der Waals surface area contributed by atoms with Crippen molar-refractivity contribution in [1.82, 2.24) is 9.97 Å². The second-order valence-corrected chi connectivity index (χ2v) is 3.75. The normalized spacial score (nSPS) is 11.1. The van der Waals surface area contributed by atoms with Gasteiger partial charge >= 0.3 is 0 Å². The first-order valence-electron chi connectivity index (χ1n) is 3.93. The number of thiophene rings is 1. The Hall–Kier alpha value is -1.48. The SMILES string of the molecule is [c]1cnc2cc3sccc3cc2n1. The van der Waals surface area contributed by atoms with Crippen LogP contribution >= 0.6 is 11.3 Å². The Morgan fingerprint density at radius 2 is 2.23 bits per heavy atom. The van der Waals surface area contributed by atoms with Gasteiger partial charge in [-0.15, -0.1) is 11.3 Å². The molecule has 0 fully saturated rings. The molecule has 0 aliphatic heterocycles. The molecule has 61 valence electrons. The number of hydrogen-bond acceptors (Lipinski definition) is 3. The topological polar surface area (TPSA) is 25.8 Å². The Morgan fingerprint density at radius 3 is 3.23 bits per heavy atom. The minimum absolute atomic E-state index is 0.911. The average Bonchev–Trinajstić information content (AvgIpc) is 2.61. The Labute approximate surface area is 78.9 Å². The van der Waals surface area contributed by atoms with Crippen LogP contribution < -0.4 is 0 Å². The van der Waals surface area contributed by atoms with Gasteiger partial charge in [0, 0.05) is 4.70 Å². The Balaban J connectivity index is 2.57. The lowest BCUT2D eigenvalue weighted by atomic mass is 10.2. The van der Waals surface area contributed by atoms with Gasteiger partial charge in [0.15, 0.2) is 0 Å². The van der Waals surface area contributed by atoms with Crippen molar-refractivity contribution in [3.8, 4) is 0 Å². The lowest BCUT2D eigenvalue weighted by molar-refractivity contribution is 1.29. The molecule has 3 heteroatoms. The first-order chi connectivity index (χ1) is 6.43. The van der Waals surface area contributed by atoms with E-state index in [1.54, 1.807) is 17.5 Å². The molecule has 0 atom stereocenters. The van der Waals surface area contributed by atoms with Crippen LogP contribution in [0.15, 0.2) is 29.8 Å². The minimum Gasteiger partial charge on any atom is -0.252 e. The lowest BCUT2D eigenvalue weighted by Crippen LogP contribution is -1.80. The Bertz CT molecular complexity index is 521. The third kappa shape index (κ3) is 1.01. The van der Waals surface area contributed by atoms with Crippen LogP contribution in [0, 0.1) is 6.20 Å². The molecule has 0 N–H and O–H groups in total. The molecule has 0 saturated heterocycles. The summed E-state index contributed by atoms with van der Waals surface area (Å²) in [5.41, 5.74) is 1.85. The summed E-state index contributed by atoms with van der Waals surface area (Å²) in [5.74, 6) is 0. The van der Waals surface area contributed by atoms with Crippen LogP contribution in [-0.4, -0.2) is 9.97 Å². The van der Waals surface area contributed by atoms with Gasteiger partial charge in [-0.1, -0.05) is 0 Å². The van der Waals surface area contributed by atoms with Gasteiger partial charge in [0.1, 0.15) is 6.20 Å². The number of nitrogens with zero attached hydrogens (tertiary/aromatic N) is 2. The van der Waals surface area contributed by atoms with Crippen LogP contribution in [0.3, 0.4) is 0 Å². The summed E-state index contributed by atoms with van der Waals surface area (Å²) in [4.78, 5) is 8.33. The van der Waals surface area contributed by atoms with E-state index in [1.165, 1.54) is 10.1 Å². The van der Waals surface area contributed by atoms with Crippen LogP contribution in [0.25, 0.3) is 21.1 Å². The molecule has 13 heavy (non-hydrogen) atoms. The molecule has 1 radical (unpaired) electrons. The summed E-state index contributed by atoms with van der Waals surface area (Å²) < 4.78 is 1.26. The highest BCUT2D eigenvalue weighted by Gasteiger charge is 1.99. The summed E-state index contributed by atoms with van der Waals surface area (Å²) in [6.07, 6.45) is 4.33. The van der Waals surface area contributed by atoms with Crippen molar-refractivity contribution >= 4 is 32.5 Å². The second kappa shape index (κ2) is 2.50. The van der Waals surface area contributed by atoms with Crippen LogP contribution in [0.4, 0.5) is 0 Å². The molecule has 0 spiro atoms. The molecule has 2 aromatic heterocycles. The maximum atomic E-state index is 4.20. The zero-order valence-corrected chi connectivity index (χ0v) is 7.51. The number of hydrogen-bond donors (Lipinski definition) is 0. The summed E-state index contributed by atoms with van der Waals surface area (Å²) in [7, 11) is 0. The average molecular weight is 185 g/mol. The predicted octanol–water partition coefficient (Wildman–Crippen LogP) is 2.64. The van der Waals surface area contributed by atoms with Gasteiger partial charge in [-0.2, -0.15) is 0 Å². The molecule has 0 aliphatic rings. The summed E-state index contributed by atoms with van der Waals surface area (Å²) >= 11 is 1.72. The van der Waals surface area contributed by atoms with Gasteiger partial charge in [-0.3, -0.25) is 4.98 Å². The molecule has 0 aliphatic carbocycles. The molecule has 0 unspecified atom stereocenters. The van der Waals surface area contributed by atoms with Crippen LogP contribution in [0.5, 0.6) is 0 Å². The van der Waals surface area contributed by atoms with E-state index < -0.39 is 0 Å². The fraction of sp³-hybridized carbons (Fsp3) is 0. The Kier molecular flexibility index (Phi) is 1.34. The number of rotatable bonds is 0. The van der Waals surface area contributed by atoms with Crippen LogP contribution in [-0.2, 0) is 0 Å². The number of benzene rings is 1. The monoisotopic (exact) mass is 185 g/mol. The van der Waals surface area contributed by atoms with Gasteiger partial charge in [-0.05, 0) is 29.0 Å². The van der Waals surface area contributed by atoms with E-state index in [0.717, 1.165) is 11.0 Å². The van der Waals surface area contributed by atoms with Crippen LogP contribution in [0.1, 0.15) is 0 Å². The van der Waals surface area contributed by atoms with E-state index in [1.807, 2.05) is 6.07 Å². The fourth-order valence-corrected chi connectivity index (χ4v) is 2.18. The maximum absolute atomic E-state index is 4.20. The highest BCUT2D eigenvalue weighted by Crippen LogP contribution is 2.24. The van der Waals surface area contributed by atoms with E-state index in [9.17, 15) is 0 Å². The predicted molar refractivity (Wildman–Crippen MR) is 53.8 cm³/mol. The molecular weight excluding hydrogens is 180 g/mol. The first kappa shape index (κ1) is 6.97. The third-order valence-electron chi connectivity index (χ3n) is 2.00. The standard InChI is InChI=1S/C10H5N2S/c1-4-13-10-6-9-8(5-7(1)10)11-2-3-12-9/h1,3-6H. The third-order valence-corrected chi connectivity index (χ3v) is 2.88. The zero-order chi connectivity index (χ0) is 8.67. The largest absolute Gasteiger partial charge is 0.252 e. The molecule has 3 aromatic rings. The minimum atomic E-state index is 0.911. The van der Waals surface area contributed by atoms with Crippen molar-refractivity contribution < 1.29 is 0 Å². The summed E-state index contributed by atoms with van der Waals surface area (Å²) in [6, 6.07) is 6.20. The van der Waals surface area contributed by atoms with Crippen molar-refractivity contribution in [3.63, 3.8) is 0 Å². The van der Waals surface area contributed by atoms with E-state index in [2.05, 4.69) is 33.7 Å². The lowest BCUT2D eigenvalue weighted by Gasteiger charge is -1.94. The zero-order valence-electron chi connectivity index (χ0n) is 6.69. The van der Waals surface area contributed by atoms with Gasteiger partial charge in [-0.25, -0.2) is 4.98 Å². The van der Waals surface area contributed by atoms with Gasteiger partial charge in [0.2, 0.25) is 0 Å². The summed E-state index contributed by atoms with van der Waals surface area (Å²) in [5, 5.41) is 3.30. The quantitative estimate of drug-likeness (QED) is 0.538. The van der Waals surface area contributed by atoms with Crippen molar-refractivity contribution in [3.05, 3.63) is 36.0 Å². The molecule has 2 heterocycles. The highest BCUT2D eigenvalue weighted by atomic mass is 32.1. The molecule has 0 bridgehead atoms. The fourth-order valence-electron chi connectivity index (χ4n) is 1.38. The Morgan fingerprint density at radius 1 is 1.23 bits per heavy atom. The van der Waals surface area contributed by atoms with Gasteiger partial charge < -0.3 is 0 Å². The molecule has 1 aromatic carbocycles. The molecule has 0 saturated carbocycles. The molecule has 2 nitrogen and oxygen atoms in total. The van der Waals surface area contributed by atoms with Crippen molar-refractivity contribution in [1.29, 1.82) is 0 Å². The van der Waals surface area contributed by atoms with Crippen molar-refractivity contribution in [2.45, 2.75) is 0 Å². The molecule has 0 amide bonds. The van der Waals surface area contributed by atoms with E-state index in [4.69, 9.17) is 0 Å². The molecular formula is C10H5N2S. The number of fused-ring (bicyclic) bond motifs is 2. The summed E-state index contributed by atoms with van der Waals surface area (Å²) in [6.45, 7) is 0. The van der Waals surface area contributed by atoms with Gasteiger partial charge in [0.05, 0.1) is 17.2 Å². The van der Waals surface area contributed by atoms with Crippen molar-refractivity contribution in [2.24, 2.45) is 0 Å². The highest BCUT2D eigenvalue weighted by molar-refractivity contribution is 7.17. The van der Waals surface area contributed by atoms with E-state index in [-0.39, 0.29) is 0 Å².